The summed E-state index contributed by atoms with van der Waals surface area (Å²) in [4.78, 5) is 11.1. The van der Waals surface area contributed by atoms with E-state index in [1.54, 1.807) is 0 Å². The molecule has 0 saturated heterocycles. The topological polar surface area (TPSA) is 65.0 Å². The third kappa shape index (κ3) is 1.63. The molecule has 86 valence electrons. The zero-order chi connectivity index (χ0) is 11.7. The number of hydrogen-bond acceptors (Lipinski definition) is 4. The molecule has 0 aliphatic carbocycles. The van der Waals surface area contributed by atoms with Crippen molar-refractivity contribution < 1.29 is 24.1 Å². The van der Waals surface area contributed by atoms with Crippen LogP contribution >= 0.6 is 11.6 Å². The van der Waals surface area contributed by atoms with Crippen LogP contribution in [0.1, 0.15) is 10.4 Å². The van der Waals surface area contributed by atoms with Crippen molar-refractivity contribution in [3.8, 4) is 17.2 Å². The van der Waals surface area contributed by atoms with Crippen molar-refractivity contribution in [2.45, 2.75) is 0 Å². The van der Waals surface area contributed by atoms with Crippen LogP contribution in [0.5, 0.6) is 17.2 Å². The van der Waals surface area contributed by atoms with E-state index in [1.807, 2.05) is 0 Å². The predicted octanol–water partition coefficient (Wildman–Crippen LogP) is 1.82. The molecule has 1 aliphatic heterocycles. The molecule has 1 N–H and O–H groups in total. The van der Waals surface area contributed by atoms with Gasteiger partial charge in [0, 0.05) is 6.07 Å². The molecule has 0 fully saturated rings. The van der Waals surface area contributed by atoms with Crippen molar-refractivity contribution in [1.82, 2.24) is 0 Å². The van der Waals surface area contributed by atoms with E-state index in [2.05, 4.69) is 0 Å². The summed E-state index contributed by atoms with van der Waals surface area (Å²) in [5, 5.41) is 9.29. The summed E-state index contributed by atoms with van der Waals surface area (Å²) < 4.78 is 15.5. The molecule has 6 heteroatoms. The molecule has 0 atom stereocenters. The van der Waals surface area contributed by atoms with Crippen molar-refractivity contribution in [3.63, 3.8) is 0 Å². The van der Waals surface area contributed by atoms with Gasteiger partial charge >= 0.3 is 5.97 Å². The van der Waals surface area contributed by atoms with Crippen LogP contribution in [0.25, 0.3) is 0 Å². The molecule has 0 radical (unpaired) electrons. The minimum Gasteiger partial charge on any atom is -0.494 e. The highest BCUT2D eigenvalue weighted by molar-refractivity contribution is 6.33. The van der Waals surface area contributed by atoms with Gasteiger partial charge in [-0.25, -0.2) is 4.79 Å². The first-order chi connectivity index (χ1) is 7.65. The Kier molecular flexibility index (Phi) is 2.78. The van der Waals surface area contributed by atoms with E-state index in [0.29, 0.717) is 19.0 Å². The predicted molar refractivity (Wildman–Crippen MR) is 56.0 cm³/mol. The minimum absolute atomic E-state index is 0.0819. The normalized spacial score (nSPS) is 13.4. The van der Waals surface area contributed by atoms with Gasteiger partial charge in [0.2, 0.25) is 0 Å². The monoisotopic (exact) mass is 244 g/mol. The SMILES string of the molecule is COc1c(Cl)cc2c(c1C(=O)O)OCCO2. The van der Waals surface area contributed by atoms with E-state index < -0.39 is 5.97 Å². The van der Waals surface area contributed by atoms with Crippen LogP contribution in [0.2, 0.25) is 5.02 Å². The first-order valence-electron chi connectivity index (χ1n) is 4.54. The van der Waals surface area contributed by atoms with Gasteiger partial charge in [0.05, 0.1) is 12.1 Å². The molecule has 16 heavy (non-hydrogen) atoms. The van der Waals surface area contributed by atoms with Crippen LogP contribution in [-0.4, -0.2) is 31.4 Å². The zero-order valence-corrected chi connectivity index (χ0v) is 9.21. The number of ether oxygens (including phenoxy) is 3. The summed E-state index contributed by atoms with van der Waals surface area (Å²) in [6.45, 7) is 0.673. The number of aromatic carboxylic acids is 1. The Hall–Kier alpha value is -1.62. The maximum Gasteiger partial charge on any atom is 0.343 e. The second kappa shape index (κ2) is 4.09. The van der Waals surface area contributed by atoms with Crippen molar-refractivity contribution >= 4 is 17.6 Å². The van der Waals surface area contributed by atoms with Gasteiger partial charge in [-0.1, -0.05) is 11.6 Å². The number of carboxylic acids is 1. The van der Waals surface area contributed by atoms with Gasteiger partial charge in [-0.3, -0.25) is 0 Å². The van der Waals surface area contributed by atoms with Gasteiger partial charge in [0.1, 0.15) is 18.8 Å². The second-order valence-corrected chi connectivity index (χ2v) is 3.50. The van der Waals surface area contributed by atoms with Crippen LogP contribution in [0.4, 0.5) is 0 Å². The Morgan fingerprint density at radius 3 is 2.81 bits per heavy atom. The zero-order valence-electron chi connectivity index (χ0n) is 8.45. The van der Waals surface area contributed by atoms with Crippen molar-refractivity contribution in [2.24, 2.45) is 0 Å². The molecule has 0 spiro atoms. The fourth-order valence-electron chi connectivity index (χ4n) is 1.53. The smallest absolute Gasteiger partial charge is 0.343 e. The number of hydrogen-bond donors (Lipinski definition) is 1. The van der Waals surface area contributed by atoms with Gasteiger partial charge in [-0.05, 0) is 0 Å². The number of carbonyl (C=O) groups is 1. The number of fused-ring (bicyclic) bond motifs is 1. The number of methoxy groups -OCH3 is 1. The van der Waals surface area contributed by atoms with E-state index >= 15 is 0 Å². The first kappa shape index (κ1) is 10.9. The molecular formula is C10H9ClO5. The molecule has 1 aromatic rings. The quantitative estimate of drug-likeness (QED) is 0.860. The Morgan fingerprint density at radius 2 is 2.19 bits per heavy atom. The fourth-order valence-corrected chi connectivity index (χ4v) is 1.80. The van der Waals surface area contributed by atoms with E-state index in [9.17, 15) is 4.79 Å². The Bertz CT molecular complexity index is 443. The van der Waals surface area contributed by atoms with E-state index in [4.69, 9.17) is 30.9 Å². The van der Waals surface area contributed by atoms with Crippen LogP contribution in [0.15, 0.2) is 6.07 Å². The summed E-state index contributed by atoms with van der Waals surface area (Å²) in [6.07, 6.45) is 0. The fraction of sp³-hybridized carbons (Fsp3) is 0.300. The van der Waals surface area contributed by atoms with Gasteiger partial charge < -0.3 is 19.3 Å². The number of halogens is 1. The summed E-state index contributed by atoms with van der Waals surface area (Å²) in [5.74, 6) is -0.589. The highest BCUT2D eigenvalue weighted by Crippen LogP contribution is 2.43. The van der Waals surface area contributed by atoms with Crippen molar-refractivity contribution in [1.29, 1.82) is 0 Å². The summed E-state index contributed by atoms with van der Waals surface area (Å²) in [6, 6.07) is 1.49. The van der Waals surface area contributed by atoms with Crippen molar-refractivity contribution in [3.05, 3.63) is 16.7 Å². The van der Waals surface area contributed by atoms with Crippen LogP contribution < -0.4 is 14.2 Å². The molecule has 0 unspecified atom stereocenters. The van der Waals surface area contributed by atoms with Gasteiger partial charge in [0.25, 0.3) is 0 Å². The molecule has 2 rings (SSSR count). The lowest BCUT2D eigenvalue weighted by Crippen LogP contribution is -2.18. The van der Waals surface area contributed by atoms with Crippen molar-refractivity contribution in [2.75, 3.05) is 20.3 Å². The third-order valence-corrected chi connectivity index (χ3v) is 2.44. The largest absolute Gasteiger partial charge is 0.494 e. The molecule has 1 aromatic carbocycles. The Morgan fingerprint density at radius 1 is 1.50 bits per heavy atom. The van der Waals surface area contributed by atoms with Crippen LogP contribution in [0.3, 0.4) is 0 Å². The minimum atomic E-state index is -1.17. The van der Waals surface area contributed by atoms with Crippen LogP contribution in [0, 0.1) is 0 Å². The first-order valence-corrected chi connectivity index (χ1v) is 4.92. The average Bonchev–Trinajstić information content (AvgIpc) is 2.26. The second-order valence-electron chi connectivity index (χ2n) is 3.10. The Labute approximate surface area is 96.5 Å². The number of benzene rings is 1. The van der Waals surface area contributed by atoms with Gasteiger partial charge in [-0.15, -0.1) is 0 Å². The highest BCUT2D eigenvalue weighted by Gasteiger charge is 2.27. The molecule has 1 heterocycles. The summed E-state index contributed by atoms with van der Waals surface area (Å²) >= 11 is 5.89. The van der Waals surface area contributed by atoms with E-state index in [1.165, 1.54) is 13.2 Å². The molecule has 0 saturated carbocycles. The lowest BCUT2D eigenvalue weighted by atomic mass is 10.1. The molecular weight excluding hydrogens is 236 g/mol. The van der Waals surface area contributed by atoms with Crippen LogP contribution in [-0.2, 0) is 0 Å². The highest BCUT2D eigenvalue weighted by atomic mass is 35.5. The van der Waals surface area contributed by atoms with E-state index in [0.717, 1.165) is 0 Å². The standard InChI is InChI=1S/C10H9ClO5/c1-14-8-5(11)4-6-9(7(8)10(12)13)16-3-2-15-6/h4H,2-3H2,1H3,(H,12,13). The molecule has 1 aliphatic rings. The molecule has 0 amide bonds. The molecule has 0 bridgehead atoms. The summed E-state index contributed by atoms with van der Waals surface area (Å²) in [5.41, 5.74) is -0.107. The lowest BCUT2D eigenvalue weighted by molar-refractivity contribution is 0.0682. The maximum absolute atomic E-state index is 11.1. The molecule has 0 aromatic heterocycles. The Balaban J connectivity index is 2.68. The van der Waals surface area contributed by atoms with Gasteiger partial charge in [0.15, 0.2) is 17.2 Å². The maximum atomic E-state index is 11.1. The summed E-state index contributed by atoms with van der Waals surface area (Å²) in [7, 11) is 1.35. The third-order valence-electron chi connectivity index (χ3n) is 2.16. The number of rotatable bonds is 2. The van der Waals surface area contributed by atoms with E-state index in [-0.39, 0.29) is 22.1 Å². The lowest BCUT2D eigenvalue weighted by Gasteiger charge is -2.21. The number of carboxylic acid groups (broad SMARTS) is 1. The average molecular weight is 245 g/mol. The van der Waals surface area contributed by atoms with Gasteiger partial charge in [-0.2, -0.15) is 0 Å². The molecule has 5 nitrogen and oxygen atoms in total.